The standard InChI is InChI=1S/C22H18FN3O2/c23-18-7-9-19(10-8-18)25-21(27)16-12-17(14-24-13-16)22(28)26-11-3-5-15-4-1-2-6-20(15)26/h1-2,4,6-10,12-14H,3,5,11H2,(H,25,27). The van der Waals surface area contributed by atoms with Crippen molar-refractivity contribution in [1.82, 2.24) is 4.98 Å². The molecule has 0 unspecified atom stereocenters. The van der Waals surface area contributed by atoms with Gasteiger partial charge in [-0.05, 0) is 54.8 Å². The van der Waals surface area contributed by atoms with Gasteiger partial charge in [0.15, 0.2) is 0 Å². The zero-order valence-corrected chi connectivity index (χ0v) is 15.1. The molecule has 4 rings (SSSR count). The molecule has 28 heavy (non-hydrogen) atoms. The van der Waals surface area contributed by atoms with Gasteiger partial charge in [0.2, 0.25) is 0 Å². The first-order valence-electron chi connectivity index (χ1n) is 9.03. The van der Waals surface area contributed by atoms with Gasteiger partial charge in [0, 0.05) is 30.3 Å². The number of rotatable bonds is 3. The molecule has 0 bridgehead atoms. The maximum Gasteiger partial charge on any atom is 0.259 e. The van der Waals surface area contributed by atoms with Gasteiger partial charge in [-0.3, -0.25) is 14.6 Å². The molecular formula is C22H18FN3O2. The third-order valence-electron chi connectivity index (χ3n) is 4.70. The van der Waals surface area contributed by atoms with Gasteiger partial charge in [0.1, 0.15) is 5.82 Å². The van der Waals surface area contributed by atoms with Crippen LogP contribution in [-0.2, 0) is 6.42 Å². The van der Waals surface area contributed by atoms with E-state index in [9.17, 15) is 14.0 Å². The van der Waals surface area contributed by atoms with Crippen molar-refractivity contribution in [2.75, 3.05) is 16.8 Å². The number of pyridine rings is 1. The number of fused-ring (bicyclic) bond motifs is 1. The van der Waals surface area contributed by atoms with E-state index in [-0.39, 0.29) is 17.3 Å². The normalized spacial score (nSPS) is 13.0. The van der Waals surface area contributed by atoms with E-state index in [1.165, 1.54) is 42.7 Å². The molecule has 0 aliphatic carbocycles. The monoisotopic (exact) mass is 375 g/mol. The minimum atomic E-state index is -0.409. The lowest BCUT2D eigenvalue weighted by atomic mass is 10.0. The van der Waals surface area contributed by atoms with E-state index in [0.29, 0.717) is 17.8 Å². The summed E-state index contributed by atoms with van der Waals surface area (Å²) < 4.78 is 13.0. The number of nitrogens with one attached hydrogen (secondary N) is 1. The minimum absolute atomic E-state index is 0.184. The minimum Gasteiger partial charge on any atom is -0.322 e. The molecule has 0 fully saturated rings. The summed E-state index contributed by atoms with van der Waals surface area (Å²) in [6.45, 7) is 0.627. The summed E-state index contributed by atoms with van der Waals surface area (Å²) in [6, 6.07) is 14.9. The summed E-state index contributed by atoms with van der Waals surface area (Å²) in [5, 5.41) is 2.68. The highest BCUT2D eigenvalue weighted by atomic mass is 19.1. The van der Waals surface area contributed by atoms with Crippen LogP contribution in [-0.4, -0.2) is 23.3 Å². The van der Waals surface area contributed by atoms with E-state index in [2.05, 4.69) is 10.3 Å². The van der Waals surface area contributed by atoms with Crippen LogP contribution in [0.1, 0.15) is 32.7 Å². The topological polar surface area (TPSA) is 62.3 Å². The number of nitrogens with zero attached hydrogens (tertiary/aromatic N) is 2. The van der Waals surface area contributed by atoms with Crippen molar-refractivity contribution in [1.29, 1.82) is 0 Å². The lowest BCUT2D eigenvalue weighted by molar-refractivity contribution is 0.0984. The Labute approximate surface area is 161 Å². The summed E-state index contributed by atoms with van der Waals surface area (Å²) in [5.41, 5.74) is 3.12. The first kappa shape index (κ1) is 17.9. The zero-order valence-electron chi connectivity index (χ0n) is 15.1. The van der Waals surface area contributed by atoms with Crippen molar-refractivity contribution in [2.24, 2.45) is 0 Å². The maximum absolute atomic E-state index is 13.0. The van der Waals surface area contributed by atoms with Gasteiger partial charge in [0.05, 0.1) is 11.1 Å². The number of para-hydroxylation sites is 1. The Kier molecular flexibility index (Phi) is 4.85. The van der Waals surface area contributed by atoms with E-state index < -0.39 is 5.91 Å². The summed E-state index contributed by atoms with van der Waals surface area (Å²) >= 11 is 0. The summed E-state index contributed by atoms with van der Waals surface area (Å²) in [5.74, 6) is -0.974. The second kappa shape index (κ2) is 7.60. The zero-order chi connectivity index (χ0) is 19.5. The fourth-order valence-electron chi connectivity index (χ4n) is 3.32. The molecule has 2 aromatic carbocycles. The van der Waals surface area contributed by atoms with Crippen molar-refractivity contribution in [3.63, 3.8) is 0 Å². The average Bonchev–Trinajstić information content (AvgIpc) is 2.74. The second-order valence-electron chi connectivity index (χ2n) is 6.61. The predicted molar refractivity (Wildman–Crippen MR) is 105 cm³/mol. The molecule has 5 nitrogen and oxygen atoms in total. The Morgan fingerprint density at radius 3 is 2.57 bits per heavy atom. The number of hydrogen-bond acceptors (Lipinski definition) is 3. The van der Waals surface area contributed by atoms with E-state index >= 15 is 0 Å². The first-order chi connectivity index (χ1) is 13.6. The number of amides is 2. The molecule has 1 aliphatic rings. The van der Waals surface area contributed by atoms with Crippen LogP contribution in [0.15, 0.2) is 67.0 Å². The number of anilines is 2. The second-order valence-corrected chi connectivity index (χ2v) is 6.61. The Morgan fingerprint density at radius 2 is 1.75 bits per heavy atom. The highest BCUT2D eigenvalue weighted by molar-refractivity contribution is 6.09. The largest absolute Gasteiger partial charge is 0.322 e. The van der Waals surface area contributed by atoms with Gasteiger partial charge in [-0.25, -0.2) is 4.39 Å². The molecule has 1 N–H and O–H groups in total. The van der Waals surface area contributed by atoms with Crippen molar-refractivity contribution in [2.45, 2.75) is 12.8 Å². The van der Waals surface area contributed by atoms with Gasteiger partial charge in [-0.1, -0.05) is 18.2 Å². The molecule has 0 spiro atoms. The molecule has 1 aromatic heterocycles. The van der Waals surface area contributed by atoms with Crippen LogP contribution >= 0.6 is 0 Å². The fraction of sp³-hybridized carbons (Fsp3) is 0.136. The van der Waals surface area contributed by atoms with Crippen LogP contribution in [0.4, 0.5) is 15.8 Å². The van der Waals surface area contributed by atoms with Gasteiger partial charge >= 0.3 is 0 Å². The van der Waals surface area contributed by atoms with E-state index in [1.807, 2.05) is 24.3 Å². The molecule has 140 valence electrons. The molecule has 2 amide bonds. The average molecular weight is 375 g/mol. The van der Waals surface area contributed by atoms with Gasteiger partial charge in [0.25, 0.3) is 11.8 Å². The number of benzene rings is 2. The van der Waals surface area contributed by atoms with Gasteiger partial charge in [-0.2, -0.15) is 0 Å². The Bertz CT molecular complexity index is 1030. The highest BCUT2D eigenvalue weighted by Crippen LogP contribution is 2.28. The summed E-state index contributed by atoms with van der Waals surface area (Å²) in [7, 11) is 0. The third kappa shape index (κ3) is 3.62. The van der Waals surface area contributed by atoms with Crippen LogP contribution in [0.3, 0.4) is 0 Å². The van der Waals surface area contributed by atoms with Crippen molar-refractivity contribution in [3.8, 4) is 0 Å². The van der Waals surface area contributed by atoms with Crippen LogP contribution in [0.25, 0.3) is 0 Å². The molecule has 1 aliphatic heterocycles. The van der Waals surface area contributed by atoms with Crippen molar-refractivity contribution in [3.05, 3.63) is 89.5 Å². The van der Waals surface area contributed by atoms with Crippen LogP contribution in [0, 0.1) is 5.82 Å². The number of aryl methyl sites for hydroxylation is 1. The molecule has 6 heteroatoms. The SMILES string of the molecule is O=C(Nc1ccc(F)cc1)c1cncc(C(=O)N2CCCc3ccccc32)c1. The maximum atomic E-state index is 13.0. The smallest absolute Gasteiger partial charge is 0.259 e. The number of hydrogen-bond donors (Lipinski definition) is 1. The summed E-state index contributed by atoms with van der Waals surface area (Å²) in [4.78, 5) is 31.3. The highest BCUT2D eigenvalue weighted by Gasteiger charge is 2.24. The molecule has 2 heterocycles. The summed E-state index contributed by atoms with van der Waals surface area (Å²) in [6.07, 6.45) is 4.70. The van der Waals surface area contributed by atoms with Crippen molar-refractivity contribution >= 4 is 23.2 Å². The van der Waals surface area contributed by atoms with Crippen molar-refractivity contribution < 1.29 is 14.0 Å². The molecule has 0 saturated carbocycles. The predicted octanol–water partition coefficient (Wildman–Crippen LogP) is 4.07. The van der Waals surface area contributed by atoms with Crippen LogP contribution in [0.5, 0.6) is 0 Å². The van der Waals surface area contributed by atoms with E-state index in [1.54, 1.807) is 4.90 Å². The lowest BCUT2D eigenvalue weighted by Crippen LogP contribution is -2.35. The Balaban J connectivity index is 1.56. The van der Waals surface area contributed by atoms with Crippen LogP contribution < -0.4 is 10.2 Å². The van der Waals surface area contributed by atoms with E-state index in [0.717, 1.165) is 24.1 Å². The molecule has 0 radical (unpaired) electrons. The van der Waals surface area contributed by atoms with Crippen LogP contribution in [0.2, 0.25) is 0 Å². The number of carbonyl (C=O) groups is 2. The Morgan fingerprint density at radius 1 is 1.00 bits per heavy atom. The number of halogens is 1. The number of aromatic nitrogens is 1. The quantitative estimate of drug-likeness (QED) is 0.751. The molecular weight excluding hydrogens is 357 g/mol. The van der Waals surface area contributed by atoms with E-state index in [4.69, 9.17) is 0 Å². The molecule has 0 atom stereocenters. The van der Waals surface area contributed by atoms with Gasteiger partial charge < -0.3 is 10.2 Å². The lowest BCUT2D eigenvalue weighted by Gasteiger charge is -2.29. The number of carbonyl (C=O) groups excluding carboxylic acids is 2. The molecule has 3 aromatic rings. The fourth-order valence-corrected chi connectivity index (χ4v) is 3.32. The third-order valence-corrected chi connectivity index (χ3v) is 4.70. The van der Waals surface area contributed by atoms with Gasteiger partial charge in [-0.15, -0.1) is 0 Å². The Hall–Kier alpha value is -3.54. The molecule has 0 saturated heterocycles. The first-order valence-corrected chi connectivity index (χ1v) is 9.03.